The molecule has 0 bridgehead atoms. The zero-order valence-electron chi connectivity index (χ0n) is 8.74. The summed E-state index contributed by atoms with van der Waals surface area (Å²) in [4.78, 5) is 5.44. The monoisotopic (exact) mass is 193 g/mol. The molecule has 1 atom stereocenters. The number of H-pyrrole nitrogens is 1. The maximum Gasteiger partial charge on any atom is 0.0339 e. The number of likely N-dealkylation sites (tertiary alicyclic amines) is 1. The first kappa shape index (κ1) is 9.74. The van der Waals surface area contributed by atoms with Crippen LogP contribution in [0.3, 0.4) is 0 Å². The third-order valence-electron chi connectivity index (χ3n) is 3.28. The smallest absolute Gasteiger partial charge is 0.0339 e. The number of hydrogen-bond acceptors (Lipinski definition) is 2. The second-order valence-corrected chi connectivity index (χ2v) is 4.31. The van der Waals surface area contributed by atoms with E-state index in [-0.39, 0.29) is 6.04 Å². The Kier molecular flexibility index (Phi) is 2.89. The van der Waals surface area contributed by atoms with Gasteiger partial charge in [-0.05, 0) is 50.5 Å². The topological polar surface area (TPSA) is 45.0 Å². The van der Waals surface area contributed by atoms with Crippen LogP contribution in [0.25, 0.3) is 0 Å². The van der Waals surface area contributed by atoms with Gasteiger partial charge in [-0.25, -0.2) is 0 Å². The van der Waals surface area contributed by atoms with Gasteiger partial charge >= 0.3 is 0 Å². The zero-order chi connectivity index (χ0) is 9.97. The van der Waals surface area contributed by atoms with Crippen molar-refractivity contribution in [1.82, 2.24) is 9.88 Å². The molecule has 1 aliphatic rings. The van der Waals surface area contributed by atoms with Gasteiger partial charge in [-0.1, -0.05) is 0 Å². The Morgan fingerprint density at radius 3 is 2.79 bits per heavy atom. The van der Waals surface area contributed by atoms with Gasteiger partial charge in [0.1, 0.15) is 0 Å². The molecule has 0 aromatic carbocycles. The molecule has 3 N–H and O–H groups in total. The van der Waals surface area contributed by atoms with Gasteiger partial charge in [0.25, 0.3) is 0 Å². The summed E-state index contributed by atoms with van der Waals surface area (Å²) in [6.07, 6.45) is 6.42. The molecule has 1 saturated heterocycles. The number of piperidine rings is 1. The molecule has 14 heavy (non-hydrogen) atoms. The molecule has 1 aromatic heterocycles. The van der Waals surface area contributed by atoms with Crippen LogP contribution in [0.2, 0.25) is 0 Å². The lowest BCUT2D eigenvalue weighted by atomic mass is 9.87. The summed E-state index contributed by atoms with van der Waals surface area (Å²) in [5.74, 6) is 0.655. The van der Waals surface area contributed by atoms with Crippen molar-refractivity contribution in [1.29, 1.82) is 0 Å². The fourth-order valence-corrected chi connectivity index (χ4v) is 2.20. The van der Waals surface area contributed by atoms with Gasteiger partial charge in [-0.15, -0.1) is 0 Å². The van der Waals surface area contributed by atoms with Crippen LogP contribution in [0, 0.1) is 5.92 Å². The fraction of sp³-hybridized carbons (Fsp3) is 0.636. The van der Waals surface area contributed by atoms with Gasteiger partial charge in [-0.3, -0.25) is 0 Å². The summed E-state index contributed by atoms with van der Waals surface area (Å²) in [5.41, 5.74) is 7.47. The van der Waals surface area contributed by atoms with Crippen LogP contribution in [0.1, 0.15) is 24.4 Å². The number of aromatic amines is 1. The molecule has 1 unspecified atom stereocenters. The highest BCUT2D eigenvalue weighted by atomic mass is 15.1. The minimum atomic E-state index is 0.218. The Morgan fingerprint density at radius 1 is 1.50 bits per heavy atom. The van der Waals surface area contributed by atoms with Crippen molar-refractivity contribution in [2.45, 2.75) is 18.9 Å². The minimum absolute atomic E-state index is 0.218. The molecular weight excluding hydrogens is 174 g/mol. The predicted octanol–water partition coefficient (Wildman–Crippen LogP) is 1.36. The summed E-state index contributed by atoms with van der Waals surface area (Å²) >= 11 is 0. The second kappa shape index (κ2) is 4.15. The molecule has 0 amide bonds. The molecule has 2 rings (SSSR count). The Labute approximate surface area is 85.3 Å². The third kappa shape index (κ3) is 1.99. The zero-order valence-corrected chi connectivity index (χ0v) is 8.74. The minimum Gasteiger partial charge on any atom is -0.367 e. The number of nitrogens with two attached hydrogens (primary N) is 1. The number of hydrogen-bond donors (Lipinski definition) is 2. The summed E-state index contributed by atoms with van der Waals surface area (Å²) in [5, 5.41) is 0. The first-order valence-electron chi connectivity index (χ1n) is 5.34. The van der Waals surface area contributed by atoms with Gasteiger partial charge in [0.2, 0.25) is 0 Å². The van der Waals surface area contributed by atoms with Gasteiger partial charge in [-0.2, -0.15) is 0 Å². The molecule has 1 aliphatic heterocycles. The highest BCUT2D eigenvalue weighted by Gasteiger charge is 2.23. The highest BCUT2D eigenvalue weighted by molar-refractivity contribution is 5.14. The molecule has 0 radical (unpaired) electrons. The van der Waals surface area contributed by atoms with E-state index in [1.165, 1.54) is 31.5 Å². The van der Waals surface area contributed by atoms with E-state index in [4.69, 9.17) is 5.73 Å². The molecule has 3 heteroatoms. The molecule has 0 spiro atoms. The predicted molar refractivity (Wildman–Crippen MR) is 57.9 cm³/mol. The lowest BCUT2D eigenvalue weighted by molar-refractivity contribution is 0.199. The first-order chi connectivity index (χ1) is 6.77. The van der Waals surface area contributed by atoms with Crippen LogP contribution in [-0.2, 0) is 0 Å². The Hall–Kier alpha value is -0.800. The average Bonchev–Trinajstić information content (AvgIpc) is 2.71. The van der Waals surface area contributed by atoms with Crippen molar-refractivity contribution >= 4 is 0 Å². The number of nitrogens with zero attached hydrogens (tertiary/aromatic N) is 1. The molecule has 0 aliphatic carbocycles. The van der Waals surface area contributed by atoms with Gasteiger partial charge in [0.15, 0.2) is 0 Å². The quantitative estimate of drug-likeness (QED) is 0.745. The average molecular weight is 193 g/mol. The Bertz CT molecular complexity index is 260. The van der Waals surface area contributed by atoms with E-state index < -0.39 is 0 Å². The highest BCUT2D eigenvalue weighted by Crippen LogP contribution is 2.27. The first-order valence-corrected chi connectivity index (χ1v) is 5.34. The van der Waals surface area contributed by atoms with Crippen LogP contribution in [0.4, 0.5) is 0 Å². The summed E-state index contributed by atoms with van der Waals surface area (Å²) < 4.78 is 0. The van der Waals surface area contributed by atoms with Gasteiger partial charge < -0.3 is 15.6 Å². The number of rotatable bonds is 2. The molecule has 2 heterocycles. The fourth-order valence-electron chi connectivity index (χ4n) is 2.20. The van der Waals surface area contributed by atoms with Crippen LogP contribution in [0.15, 0.2) is 18.5 Å². The Morgan fingerprint density at radius 2 is 2.21 bits per heavy atom. The molecule has 1 fully saturated rings. The van der Waals surface area contributed by atoms with E-state index in [9.17, 15) is 0 Å². The van der Waals surface area contributed by atoms with Crippen LogP contribution >= 0.6 is 0 Å². The largest absolute Gasteiger partial charge is 0.367 e. The van der Waals surface area contributed by atoms with E-state index in [0.717, 1.165) is 0 Å². The van der Waals surface area contributed by atoms with Crippen molar-refractivity contribution in [3.8, 4) is 0 Å². The number of nitrogens with one attached hydrogen (secondary N) is 1. The van der Waals surface area contributed by atoms with E-state index in [1.54, 1.807) is 0 Å². The maximum absolute atomic E-state index is 6.22. The van der Waals surface area contributed by atoms with Gasteiger partial charge in [0, 0.05) is 18.4 Å². The molecular formula is C11H19N3. The van der Waals surface area contributed by atoms with Crippen molar-refractivity contribution < 1.29 is 0 Å². The van der Waals surface area contributed by atoms with Crippen molar-refractivity contribution in [2.24, 2.45) is 11.7 Å². The molecule has 3 nitrogen and oxygen atoms in total. The molecule has 78 valence electrons. The van der Waals surface area contributed by atoms with E-state index in [0.29, 0.717) is 5.92 Å². The summed E-state index contributed by atoms with van der Waals surface area (Å²) in [6, 6.07) is 2.30. The van der Waals surface area contributed by atoms with Crippen LogP contribution in [-0.4, -0.2) is 30.0 Å². The lowest BCUT2D eigenvalue weighted by Crippen LogP contribution is -2.35. The van der Waals surface area contributed by atoms with Gasteiger partial charge in [0.05, 0.1) is 0 Å². The van der Waals surface area contributed by atoms with E-state index in [1.807, 2.05) is 12.4 Å². The summed E-state index contributed by atoms with van der Waals surface area (Å²) in [6.45, 7) is 2.37. The SMILES string of the molecule is CN1CCC(C(N)c2cc[nH]c2)CC1. The van der Waals surface area contributed by atoms with E-state index >= 15 is 0 Å². The van der Waals surface area contributed by atoms with Crippen molar-refractivity contribution in [2.75, 3.05) is 20.1 Å². The third-order valence-corrected chi connectivity index (χ3v) is 3.28. The normalized spacial score (nSPS) is 22.4. The molecule has 1 aromatic rings. The van der Waals surface area contributed by atoms with Crippen molar-refractivity contribution in [3.63, 3.8) is 0 Å². The number of aromatic nitrogens is 1. The van der Waals surface area contributed by atoms with Crippen LogP contribution in [0.5, 0.6) is 0 Å². The van der Waals surface area contributed by atoms with Crippen molar-refractivity contribution in [3.05, 3.63) is 24.0 Å². The lowest BCUT2D eigenvalue weighted by Gasteiger charge is -2.32. The van der Waals surface area contributed by atoms with E-state index in [2.05, 4.69) is 23.0 Å². The second-order valence-electron chi connectivity index (χ2n) is 4.31. The summed E-state index contributed by atoms with van der Waals surface area (Å²) in [7, 11) is 2.18. The molecule has 0 saturated carbocycles. The Balaban J connectivity index is 1.95. The maximum atomic E-state index is 6.22. The van der Waals surface area contributed by atoms with Crippen LogP contribution < -0.4 is 5.73 Å². The standard InChI is InChI=1S/C11H19N3/c1-14-6-3-9(4-7-14)11(12)10-2-5-13-8-10/h2,5,8-9,11,13H,3-4,6-7,12H2,1H3.